The lowest BCUT2D eigenvalue weighted by Crippen LogP contribution is -1.94. The highest BCUT2D eigenvalue weighted by molar-refractivity contribution is 6.33. The molecule has 0 saturated heterocycles. The maximum absolute atomic E-state index is 14.2. The molecule has 0 aliphatic carbocycles. The second-order valence-electron chi connectivity index (χ2n) is 6.22. The van der Waals surface area contributed by atoms with Gasteiger partial charge in [-0.05, 0) is 54.4 Å². The minimum absolute atomic E-state index is 0.341. The highest BCUT2D eigenvalue weighted by Gasteiger charge is 2.13. The number of aryl methyl sites for hydroxylation is 1. The number of fused-ring (bicyclic) bond motifs is 1. The lowest BCUT2D eigenvalue weighted by Gasteiger charge is -2.08. The molecule has 0 bridgehead atoms. The minimum atomic E-state index is -0.341. The predicted molar refractivity (Wildman–Crippen MR) is 106 cm³/mol. The van der Waals surface area contributed by atoms with Crippen molar-refractivity contribution in [2.24, 2.45) is 0 Å². The number of hydrogen-bond acceptors (Lipinski definition) is 2. The molecule has 0 radical (unpaired) electrons. The van der Waals surface area contributed by atoms with Gasteiger partial charge in [0.25, 0.3) is 0 Å². The zero-order valence-electron chi connectivity index (χ0n) is 14.4. The van der Waals surface area contributed by atoms with Gasteiger partial charge in [0, 0.05) is 29.7 Å². The van der Waals surface area contributed by atoms with Crippen LogP contribution in [0.3, 0.4) is 0 Å². The maximum Gasteiger partial charge on any atom is 0.134 e. The Morgan fingerprint density at radius 3 is 2.69 bits per heavy atom. The quantitative estimate of drug-likeness (QED) is 0.464. The summed E-state index contributed by atoms with van der Waals surface area (Å²) >= 11 is 6.19. The molecule has 3 nitrogen and oxygen atoms in total. The molecule has 0 saturated carbocycles. The number of pyridine rings is 1. The summed E-state index contributed by atoms with van der Waals surface area (Å²) in [5.41, 5.74) is 5.26. The Hall–Kier alpha value is -2.85. The predicted octanol–water partition coefficient (Wildman–Crippen LogP) is 6.04. The van der Waals surface area contributed by atoms with E-state index in [1.807, 2.05) is 37.5 Å². The monoisotopic (exact) mass is 365 g/mol. The Kier molecular flexibility index (Phi) is 4.13. The van der Waals surface area contributed by atoms with Crippen LogP contribution in [-0.4, -0.2) is 17.0 Å². The molecule has 0 aliphatic rings. The highest BCUT2D eigenvalue weighted by atomic mass is 35.5. The van der Waals surface area contributed by atoms with Crippen molar-refractivity contribution in [3.63, 3.8) is 0 Å². The van der Waals surface area contributed by atoms with Crippen LogP contribution in [0.1, 0.15) is 5.56 Å². The van der Waals surface area contributed by atoms with Crippen LogP contribution in [0, 0.1) is 12.7 Å². The Morgan fingerprint density at radius 2 is 1.96 bits per heavy atom. The molecule has 5 heteroatoms. The number of nitrogens with zero attached hydrogens (tertiary/aromatic N) is 1. The molecule has 2 N–H and O–H groups in total. The van der Waals surface area contributed by atoms with Crippen LogP contribution in [0.25, 0.3) is 33.3 Å². The van der Waals surface area contributed by atoms with Gasteiger partial charge in [0.15, 0.2) is 0 Å². The molecule has 4 aromatic rings. The summed E-state index contributed by atoms with van der Waals surface area (Å²) in [6.07, 6.45) is 1.86. The summed E-state index contributed by atoms with van der Waals surface area (Å²) in [6.45, 7) is 2.06. The van der Waals surface area contributed by atoms with E-state index in [1.54, 1.807) is 12.1 Å². The average Bonchev–Trinajstić information content (AvgIpc) is 3.04. The molecule has 2 heterocycles. The van der Waals surface area contributed by atoms with E-state index < -0.39 is 0 Å². The van der Waals surface area contributed by atoms with Crippen molar-refractivity contribution in [2.45, 2.75) is 6.92 Å². The number of rotatable bonds is 3. The van der Waals surface area contributed by atoms with Crippen molar-refractivity contribution in [1.29, 1.82) is 0 Å². The summed E-state index contributed by atoms with van der Waals surface area (Å²) in [6, 6.07) is 14.8. The Balaban J connectivity index is 1.82. The summed E-state index contributed by atoms with van der Waals surface area (Å²) in [4.78, 5) is 7.66. The van der Waals surface area contributed by atoms with Crippen LogP contribution < -0.4 is 5.32 Å². The van der Waals surface area contributed by atoms with Crippen LogP contribution >= 0.6 is 11.6 Å². The smallest absolute Gasteiger partial charge is 0.134 e. The molecule has 0 aliphatic heterocycles. The molecule has 0 fully saturated rings. The van der Waals surface area contributed by atoms with Gasteiger partial charge in [0.05, 0.1) is 16.3 Å². The van der Waals surface area contributed by atoms with Gasteiger partial charge in [0.1, 0.15) is 11.6 Å². The topological polar surface area (TPSA) is 40.7 Å². The summed E-state index contributed by atoms with van der Waals surface area (Å²) in [5.74, 6) is 0.498. The SMILES string of the molecule is CNc1cc(C)c(-c2ccc3[nH]c(-c4c(F)cccc4Cl)cc3c2)cn1. The first kappa shape index (κ1) is 16.6. The number of nitrogens with one attached hydrogen (secondary N) is 2. The van der Waals surface area contributed by atoms with Crippen molar-refractivity contribution < 1.29 is 4.39 Å². The standard InChI is InChI=1S/C21H17ClFN3/c1-12-8-20(24-2)25-11-15(12)13-6-7-18-14(9-13)10-19(26-18)21-16(22)4-3-5-17(21)23/h3-11,26H,1-2H3,(H,24,25). The van der Waals surface area contributed by atoms with Gasteiger partial charge >= 0.3 is 0 Å². The molecule has 2 aromatic heterocycles. The lowest BCUT2D eigenvalue weighted by molar-refractivity contribution is 0.631. The summed E-state index contributed by atoms with van der Waals surface area (Å²) in [7, 11) is 1.85. The first-order chi connectivity index (χ1) is 12.6. The van der Waals surface area contributed by atoms with Crippen LogP contribution in [-0.2, 0) is 0 Å². The van der Waals surface area contributed by atoms with Crippen molar-refractivity contribution in [2.75, 3.05) is 12.4 Å². The van der Waals surface area contributed by atoms with Gasteiger partial charge in [-0.1, -0.05) is 23.7 Å². The number of aromatic nitrogens is 2. The third kappa shape index (κ3) is 2.82. The molecule has 0 atom stereocenters. The largest absolute Gasteiger partial charge is 0.373 e. The number of halogens is 2. The highest BCUT2D eigenvalue weighted by Crippen LogP contribution is 2.34. The molecule has 0 unspecified atom stereocenters. The molecular formula is C21H17ClFN3. The van der Waals surface area contributed by atoms with E-state index in [2.05, 4.69) is 28.3 Å². The van der Waals surface area contributed by atoms with E-state index in [1.165, 1.54) is 6.07 Å². The zero-order chi connectivity index (χ0) is 18.3. The van der Waals surface area contributed by atoms with E-state index in [9.17, 15) is 4.39 Å². The molecule has 0 amide bonds. The molecule has 26 heavy (non-hydrogen) atoms. The second-order valence-corrected chi connectivity index (χ2v) is 6.62. The fraction of sp³-hybridized carbons (Fsp3) is 0.0952. The van der Waals surface area contributed by atoms with Crippen LogP contribution in [0.2, 0.25) is 5.02 Å². The number of hydrogen-bond donors (Lipinski definition) is 2. The molecule has 2 aromatic carbocycles. The van der Waals surface area contributed by atoms with E-state index >= 15 is 0 Å². The normalized spacial score (nSPS) is 11.1. The second kappa shape index (κ2) is 6.46. The number of anilines is 1. The molecule has 130 valence electrons. The molecule has 4 rings (SSSR count). The Morgan fingerprint density at radius 1 is 1.12 bits per heavy atom. The fourth-order valence-corrected chi connectivity index (χ4v) is 3.45. The summed E-state index contributed by atoms with van der Waals surface area (Å²) < 4.78 is 14.2. The number of benzene rings is 2. The lowest BCUT2D eigenvalue weighted by atomic mass is 10.0. The van der Waals surface area contributed by atoms with Crippen LogP contribution in [0.5, 0.6) is 0 Å². The fourth-order valence-electron chi connectivity index (χ4n) is 3.18. The van der Waals surface area contributed by atoms with Gasteiger partial charge < -0.3 is 10.3 Å². The molecule has 0 spiro atoms. The van der Waals surface area contributed by atoms with Gasteiger partial charge in [0.2, 0.25) is 0 Å². The molecular weight excluding hydrogens is 349 g/mol. The minimum Gasteiger partial charge on any atom is -0.373 e. The number of aromatic amines is 1. The average molecular weight is 366 g/mol. The van der Waals surface area contributed by atoms with Gasteiger partial charge in [-0.15, -0.1) is 0 Å². The van der Waals surface area contributed by atoms with Crippen molar-refractivity contribution in [1.82, 2.24) is 9.97 Å². The van der Waals surface area contributed by atoms with Crippen LogP contribution in [0.15, 0.2) is 54.7 Å². The number of H-pyrrole nitrogens is 1. The van der Waals surface area contributed by atoms with Crippen molar-refractivity contribution in [3.05, 3.63) is 71.1 Å². The Labute approximate surface area is 155 Å². The van der Waals surface area contributed by atoms with Gasteiger partial charge in [-0.25, -0.2) is 9.37 Å². The first-order valence-corrected chi connectivity index (χ1v) is 8.66. The van der Waals surface area contributed by atoms with E-state index in [4.69, 9.17) is 11.6 Å². The summed E-state index contributed by atoms with van der Waals surface area (Å²) in [5, 5.41) is 4.43. The zero-order valence-corrected chi connectivity index (χ0v) is 15.2. The Bertz CT molecular complexity index is 1100. The van der Waals surface area contributed by atoms with E-state index in [0.29, 0.717) is 16.3 Å². The van der Waals surface area contributed by atoms with Gasteiger partial charge in [-0.3, -0.25) is 0 Å². The van der Waals surface area contributed by atoms with E-state index in [0.717, 1.165) is 33.4 Å². The van der Waals surface area contributed by atoms with E-state index in [-0.39, 0.29) is 5.82 Å². The van der Waals surface area contributed by atoms with Crippen molar-refractivity contribution >= 4 is 28.3 Å². The third-order valence-corrected chi connectivity index (χ3v) is 4.85. The van der Waals surface area contributed by atoms with Crippen LogP contribution in [0.4, 0.5) is 10.2 Å². The van der Waals surface area contributed by atoms with Crippen molar-refractivity contribution in [3.8, 4) is 22.4 Å². The first-order valence-electron chi connectivity index (χ1n) is 8.29. The maximum atomic E-state index is 14.2. The van der Waals surface area contributed by atoms with Gasteiger partial charge in [-0.2, -0.15) is 0 Å². The third-order valence-electron chi connectivity index (χ3n) is 4.53.